The molecule has 1 aromatic rings. The zero-order valence-corrected chi connectivity index (χ0v) is 20.1. The second kappa shape index (κ2) is 15.0. The Hall–Kier alpha value is -0.900. The monoisotopic (exact) mass is 503 g/mol. The predicted molar refractivity (Wildman–Crippen MR) is 129 cm³/mol. The zero-order valence-electron chi connectivity index (χ0n) is 17.7. The predicted octanol–water partition coefficient (Wildman–Crippen LogP) is 2.53. The lowest BCUT2D eigenvalue weighted by atomic mass is 10.1. The molecule has 0 atom stereocenters. The van der Waals surface area contributed by atoms with E-state index in [1.165, 1.54) is 11.1 Å². The molecule has 7 heteroatoms. The van der Waals surface area contributed by atoms with Gasteiger partial charge in [0.25, 0.3) is 0 Å². The molecule has 1 saturated heterocycles. The molecule has 1 aliphatic heterocycles. The summed E-state index contributed by atoms with van der Waals surface area (Å²) >= 11 is 0. The molecule has 0 aliphatic carbocycles. The molecular formula is C21H38IN5O. The van der Waals surface area contributed by atoms with E-state index in [9.17, 15) is 0 Å². The van der Waals surface area contributed by atoms with Crippen LogP contribution in [0, 0.1) is 0 Å². The summed E-state index contributed by atoms with van der Waals surface area (Å²) in [6.07, 6.45) is 0. The fourth-order valence-corrected chi connectivity index (χ4v) is 3.24. The molecule has 0 radical (unpaired) electrons. The lowest BCUT2D eigenvalue weighted by Gasteiger charge is -2.27. The molecule has 160 valence electrons. The van der Waals surface area contributed by atoms with Crippen molar-refractivity contribution < 1.29 is 4.74 Å². The molecule has 1 fully saturated rings. The van der Waals surface area contributed by atoms with Gasteiger partial charge in [-0.3, -0.25) is 4.90 Å². The van der Waals surface area contributed by atoms with Crippen LogP contribution in [0.15, 0.2) is 29.3 Å². The van der Waals surface area contributed by atoms with Crippen molar-refractivity contribution in [1.82, 2.24) is 20.4 Å². The molecular weight excluding hydrogens is 465 g/mol. The van der Waals surface area contributed by atoms with Crippen LogP contribution in [-0.4, -0.2) is 74.8 Å². The minimum atomic E-state index is 0. The topological polar surface area (TPSA) is 52.1 Å². The number of hydrogen-bond donors (Lipinski definition) is 2. The first-order valence-corrected chi connectivity index (χ1v) is 10.4. The molecule has 1 aromatic carbocycles. The lowest BCUT2D eigenvalue weighted by Crippen LogP contribution is -2.41. The molecule has 0 amide bonds. The first-order chi connectivity index (χ1) is 13.3. The van der Waals surface area contributed by atoms with Crippen molar-refractivity contribution in [3.05, 3.63) is 35.4 Å². The van der Waals surface area contributed by atoms with Crippen LogP contribution in [0.25, 0.3) is 0 Å². The summed E-state index contributed by atoms with van der Waals surface area (Å²) in [4.78, 5) is 9.69. The van der Waals surface area contributed by atoms with Gasteiger partial charge in [0.05, 0.1) is 19.8 Å². The smallest absolute Gasteiger partial charge is 0.191 e. The van der Waals surface area contributed by atoms with E-state index < -0.39 is 0 Å². The van der Waals surface area contributed by atoms with Gasteiger partial charge in [-0.25, -0.2) is 4.99 Å². The third-order valence-corrected chi connectivity index (χ3v) is 4.98. The summed E-state index contributed by atoms with van der Waals surface area (Å²) in [6, 6.07) is 8.64. The summed E-state index contributed by atoms with van der Waals surface area (Å²) in [5.74, 6) is 0.894. The van der Waals surface area contributed by atoms with Crippen molar-refractivity contribution in [2.75, 3.05) is 59.0 Å². The van der Waals surface area contributed by atoms with Gasteiger partial charge in [0.1, 0.15) is 0 Å². The number of benzene rings is 1. The third kappa shape index (κ3) is 9.07. The maximum atomic E-state index is 5.46. The fraction of sp³-hybridized carbons (Fsp3) is 0.667. The maximum absolute atomic E-state index is 5.46. The highest BCUT2D eigenvalue weighted by molar-refractivity contribution is 14.0. The van der Waals surface area contributed by atoms with Crippen LogP contribution in [0.3, 0.4) is 0 Å². The van der Waals surface area contributed by atoms with E-state index in [0.717, 1.165) is 71.5 Å². The zero-order chi connectivity index (χ0) is 19.3. The normalized spacial score (nSPS) is 15.4. The Morgan fingerprint density at radius 2 is 1.75 bits per heavy atom. The van der Waals surface area contributed by atoms with Gasteiger partial charge in [0, 0.05) is 39.3 Å². The highest BCUT2D eigenvalue weighted by atomic mass is 127. The van der Waals surface area contributed by atoms with Crippen molar-refractivity contribution in [3.63, 3.8) is 0 Å². The number of morpholine rings is 1. The molecule has 1 heterocycles. The Morgan fingerprint density at radius 3 is 2.39 bits per heavy atom. The molecule has 6 nitrogen and oxygen atoms in total. The Bertz CT molecular complexity index is 559. The average molecular weight is 503 g/mol. The van der Waals surface area contributed by atoms with Gasteiger partial charge in [-0.2, -0.15) is 0 Å². The Kier molecular flexibility index (Phi) is 13.5. The third-order valence-electron chi connectivity index (χ3n) is 4.98. The van der Waals surface area contributed by atoms with Crippen LogP contribution in [-0.2, 0) is 17.8 Å². The number of hydrogen-bond acceptors (Lipinski definition) is 4. The highest BCUT2D eigenvalue weighted by Gasteiger charge is 2.12. The Morgan fingerprint density at radius 1 is 1.07 bits per heavy atom. The van der Waals surface area contributed by atoms with Gasteiger partial charge in [0.2, 0.25) is 0 Å². The molecule has 0 unspecified atom stereocenters. The van der Waals surface area contributed by atoms with Gasteiger partial charge in [-0.05, 0) is 31.1 Å². The first kappa shape index (κ1) is 25.1. The summed E-state index contributed by atoms with van der Waals surface area (Å²) in [7, 11) is 0. The van der Waals surface area contributed by atoms with E-state index in [0.29, 0.717) is 6.54 Å². The number of likely N-dealkylation sites (N-methyl/N-ethyl adjacent to an activating group) is 1. The molecule has 1 aliphatic rings. The van der Waals surface area contributed by atoms with Gasteiger partial charge >= 0.3 is 0 Å². The number of halogens is 1. The minimum absolute atomic E-state index is 0. The minimum Gasteiger partial charge on any atom is -0.379 e. The van der Waals surface area contributed by atoms with E-state index in [1.807, 2.05) is 0 Å². The van der Waals surface area contributed by atoms with E-state index >= 15 is 0 Å². The average Bonchev–Trinajstić information content (AvgIpc) is 2.71. The van der Waals surface area contributed by atoms with Crippen LogP contribution in [0.1, 0.15) is 31.9 Å². The maximum Gasteiger partial charge on any atom is 0.191 e. The number of nitrogens with one attached hydrogen (secondary N) is 2. The van der Waals surface area contributed by atoms with Crippen molar-refractivity contribution in [1.29, 1.82) is 0 Å². The summed E-state index contributed by atoms with van der Waals surface area (Å²) < 4.78 is 5.46. The van der Waals surface area contributed by atoms with Gasteiger partial charge in [-0.1, -0.05) is 38.1 Å². The van der Waals surface area contributed by atoms with Gasteiger partial charge in [0.15, 0.2) is 5.96 Å². The van der Waals surface area contributed by atoms with Crippen LogP contribution >= 0.6 is 24.0 Å². The van der Waals surface area contributed by atoms with Crippen molar-refractivity contribution in [2.45, 2.75) is 33.9 Å². The summed E-state index contributed by atoms with van der Waals surface area (Å²) in [5.41, 5.74) is 2.66. The first-order valence-electron chi connectivity index (χ1n) is 10.4. The number of aliphatic imine (C=N–C) groups is 1. The van der Waals surface area contributed by atoms with Crippen molar-refractivity contribution in [3.8, 4) is 0 Å². The van der Waals surface area contributed by atoms with Crippen LogP contribution < -0.4 is 10.6 Å². The van der Waals surface area contributed by atoms with Crippen molar-refractivity contribution in [2.24, 2.45) is 4.99 Å². The summed E-state index contributed by atoms with van der Waals surface area (Å²) in [5, 5.41) is 6.82. The largest absolute Gasteiger partial charge is 0.379 e. The summed E-state index contributed by atoms with van der Waals surface area (Å²) in [6.45, 7) is 16.8. The Labute approximate surface area is 188 Å². The van der Waals surface area contributed by atoms with E-state index in [4.69, 9.17) is 9.73 Å². The SMILES string of the molecule is CCNC(=NCc1ccccc1CN1CCOCC1)NCCN(CC)CC.I. The van der Waals surface area contributed by atoms with E-state index in [-0.39, 0.29) is 24.0 Å². The van der Waals surface area contributed by atoms with Crippen LogP contribution in [0.4, 0.5) is 0 Å². The number of nitrogens with zero attached hydrogens (tertiary/aromatic N) is 3. The number of guanidine groups is 1. The van der Waals surface area contributed by atoms with Gasteiger partial charge in [-0.15, -0.1) is 24.0 Å². The molecule has 2 N–H and O–H groups in total. The molecule has 2 rings (SSSR count). The van der Waals surface area contributed by atoms with Crippen LogP contribution in [0.5, 0.6) is 0 Å². The van der Waals surface area contributed by atoms with Crippen molar-refractivity contribution >= 4 is 29.9 Å². The van der Waals surface area contributed by atoms with E-state index in [2.05, 4.69) is 65.5 Å². The molecule has 0 saturated carbocycles. The quantitative estimate of drug-likeness (QED) is 0.292. The standard InChI is InChI=1S/C21H37N5O.HI/c1-4-22-21(23-11-12-25(5-2)6-3)24-17-19-9-7-8-10-20(19)18-26-13-15-27-16-14-26;/h7-10H,4-6,11-18H2,1-3H3,(H2,22,23,24);1H. The molecule has 0 bridgehead atoms. The van der Waals surface area contributed by atoms with E-state index in [1.54, 1.807) is 0 Å². The Balaban J connectivity index is 0.00000392. The second-order valence-electron chi connectivity index (χ2n) is 6.81. The fourth-order valence-electron chi connectivity index (χ4n) is 3.24. The highest BCUT2D eigenvalue weighted by Crippen LogP contribution is 2.14. The van der Waals surface area contributed by atoms with Gasteiger partial charge < -0.3 is 20.3 Å². The number of ether oxygens (including phenoxy) is 1. The second-order valence-corrected chi connectivity index (χ2v) is 6.81. The van der Waals surface area contributed by atoms with Crippen LogP contribution in [0.2, 0.25) is 0 Å². The molecule has 0 spiro atoms. The number of rotatable bonds is 10. The molecule has 28 heavy (non-hydrogen) atoms. The lowest BCUT2D eigenvalue weighted by molar-refractivity contribution is 0.0341. The molecule has 0 aromatic heterocycles.